The summed E-state index contributed by atoms with van der Waals surface area (Å²) in [4.78, 5) is 24.6. The Kier molecular flexibility index (Phi) is 6.42. The van der Waals surface area contributed by atoms with Gasteiger partial charge in [0.1, 0.15) is 5.75 Å². The number of carbonyl (C=O) groups is 2. The van der Waals surface area contributed by atoms with E-state index >= 15 is 0 Å². The van der Waals surface area contributed by atoms with Gasteiger partial charge in [0.05, 0.1) is 17.1 Å². The lowest BCUT2D eigenvalue weighted by atomic mass is 10.1. The predicted octanol–water partition coefficient (Wildman–Crippen LogP) is 4.33. The molecule has 0 fully saturated rings. The van der Waals surface area contributed by atoms with Crippen LogP contribution in [-0.4, -0.2) is 30.0 Å². The number of Topliss-reactive ketones (excluding diaryl/α,β-unsaturated/α-hetero) is 1. The van der Waals surface area contributed by atoms with Crippen molar-refractivity contribution in [3.05, 3.63) is 51.3 Å². The SMILES string of the molecule is CCCn1c(C)cc(C(=O)COC(=O)c2ccc(OC)c(Br)c2)c1C. The molecule has 0 unspecified atom stereocenters. The summed E-state index contributed by atoms with van der Waals surface area (Å²) in [7, 11) is 1.55. The topological polar surface area (TPSA) is 57.5 Å². The Morgan fingerprint density at radius 1 is 1.20 bits per heavy atom. The number of halogens is 1. The van der Waals surface area contributed by atoms with E-state index in [0.717, 1.165) is 24.4 Å². The van der Waals surface area contributed by atoms with Gasteiger partial charge < -0.3 is 14.0 Å². The second-order valence-electron chi connectivity index (χ2n) is 5.79. The number of methoxy groups -OCH3 is 1. The molecule has 0 atom stereocenters. The highest BCUT2D eigenvalue weighted by Crippen LogP contribution is 2.26. The third-order valence-corrected chi connectivity index (χ3v) is 4.66. The zero-order valence-corrected chi connectivity index (χ0v) is 16.5. The molecule has 25 heavy (non-hydrogen) atoms. The third-order valence-electron chi connectivity index (χ3n) is 4.04. The number of ketones is 1. The average Bonchev–Trinajstić information content (AvgIpc) is 2.88. The minimum atomic E-state index is -0.543. The average molecular weight is 408 g/mol. The predicted molar refractivity (Wildman–Crippen MR) is 99.5 cm³/mol. The molecule has 0 N–H and O–H groups in total. The van der Waals surface area contributed by atoms with Gasteiger partial charge in [-0.2, -0.15) is 0 Å². The van der Waals surface area contributed by atoms with Crippen LogP contribution in [0.25, 0.3) is 0 Å². The van der Waals surface area contributed by atoms with Crippen LogP contribution in [-0.2, 0) is 11.3 Å². The maximum Gasteiger partial charge on any atom is 0.338 e. The summed E-state index contributed by atoms with van der Waals surface area (Å²) < 4.78 is 13.1. The third kappa shape index (κ3) is 4.31. The molecule has 2 rings (SSSR count). The fourth-order valence-electron chi connectivity index (χ4n) is 2.74. The molecule has 0 spiro atoms. The quantitative estimate of drug-likeness (QED) is 0.506. The first kappa shape index (κ1) is 19.2. The number of aryl methyl sites for hydroxylation is 1. The zero-order chi connectivity index (χ0) is 18.6. The van der Waals surface area contributed by atoms with Gasteiger partial charge in [-0.3, -0.25) is 4.79 Å². The second kappa shape index (κ2) is 8.34. The van der Waals surface area contributed by atoms with Crippen molar-refractivity contribution in [2.45, 2.75) is 33.7 Å². The molecular weight excluding hydrogens is 386 g/mol. The van der Waals surface area contributed by atoms with Gasteiger partial charge >= 0.3 is 5.97 Å². The normalized spacial score (nSPS) is 10.6. The Hall–Kier alpha value is -2.08. The van der Waals surface area contributed by atoms with Gasteiger partial charge in [-0.1, -0.05) is 6.92 Å². The summed E-state index contributed by atoms with van der Waals surface area (Å²) >= 11 is 3.32. The summed E-state index contributed by atoms with van der Waals surface area (Å²) in [6.45, 7) is 6.57. The second-order valence-corrected chi connectivity index (χ2v) is 6.64. The molecule has 6 heteroatoms. The van der Waals surface area contributed by atoms with Crippen molar-refractivity contribution < 1.29 is 19.1 Å². The van der Waals surface area contributed by atoms with Crippen LogP contribution in [0.5, 0.6) is 5.75 Å². The number of nitrogens with zero attached hydrogens (tertiary/aromatic N) is 1. The Morgan fingerprint density at radius 3 is 2.52 bits per heavy atom. The van der Waals surface area contributed by atoms with Crippen molar-refractivity contribution in [3.8, 4) is 5.75 Å². The van der Waals surface area contributed by atoms with Crippen LogP contribution in [0, 0.1) is 13.8 Å². The van der Waals surface area contributed by atoms with Crippen LogP contribution in [0.4, 0.5) is 0 Å². The van der Waals surface area contributed by atoms with Gasteiger partial charge in [-0.05, 0) is 60.5 Å². The maximum atomic E-state index is 12.4. The van der Waals surface area contributed by atoms with Crippen molar-refractivity contribution in [3.63, 3.8) is 0 Å². The molecule has 0 saturated carbocycles. The van der Waals surface area contributed by atoms with E-state index in [1.807, 2.05) is 19.9 Å². The lowest BCUT2D eigenvalue weighted by molar-refractivity contribution is 0.0474. The van der Waals surface area contributed by atoms with Gasteiger partial charge in [0.15, 0.2) is 6.61 Å². The molecule has 0 saturated heterocycles. The molecule has 0 aliphatic heterocycles. The molecule has 2 aromatic rings. The largest absolute Gasteiger partial charge is 0.496 e. The van der Waals surface area contributed by atoms with Crippen molar-refractivity contribution in [2.24, 2.45) is 0 Å². The lowest BCUT2D eigenvalue weighted by Crippen LogP contribution is -2.15. The Morgan fingerprint density at radius 2 is 1.92 bits per heavy atom. The van der Waals surface area contributed by atoms with E-state index in [1.54, 1.807) is 25.3 Å². The van der Waals surface area contributed by atoms with E-state index in [9.17, 15) is 9.59 Å². The molecule has 0 radical (unpaired) electrons. The van der Waals surface area contributed by atoms with E-state index in [4.69, 9.17) is 9.47 Å². The standard InChI is InChI=1S/C19H22BrNO4/c1-5-8-21-12(2)9-15(13(21)3)17(22)11-25-19(23)14-6-7-18(24-4)16(20)10-14/h6-7,9-10H,5,8,11H2,1-4H3. The first-order valence-electron chi connectivity index (χ1n) is 8.09. The number of ether oxygens (including phenoxy) is 2. The van der Waals surface area contributed by atoms with Crippen LogP contribution in [0.1, 0.15) is 45.4 Å². The van der Waals surface area contributed by atoms with Crippen molar-refractivity contribution >= 4 is 27.7 Å². The molecule has 1 heterocycles. The number of esters is 1. The molecule has 134 valence electrons. The molecule has 0 bridgehead atoms. The molecular formula is C19H22BrNO4. The van der Waals surface area contributed by atoms with Gasteiger partial charge in [0.25, 0.3) is 0 Å². The fraction of sp³-hybridized carbons (Fsp3) is 0.368. The Bertz CT molecular complexity index is 795. The number of hydrogen-bond acceptors (Lipinski definition) is 4. The van der Waals surface area contributed by atoms with E-state index in [-0.39, 0.29) is 12.4 Å². The molecule has 0 aliphatic rings. The first-order chi connectivity index (χ1) is 11.9. The fourth-order valence-corrected chi connectivity index (χ4v) is 3.28. The van der Waals surface area contributed by atoms with Crippen LogP contribution in [0.2, 0.25) is 0 Å². The van der Waals surface area contributed by atoms with Gasteiger partial charge in [0.2, 0.25) is 5.78 Å². The van der Waals surface area contributed by atoms with Crippen LogP contribution < -0.4 is 4.74 Å². The highest BCUT2D eigenvalue weighted by atomic mass is 79.9. The molecule has 5 nitrogen and oxygen atoms in total. The molecule has 0 aliphatic carbocycles. The van der Waals surface area contributed by atoms with E-state index in [1.165, 1.54) is 0 Å². The summed E-state index contributed by atoms with van der Waals surface area (Å²) in [5.74, 6) is -0.119. The van der Waals surface area contributed by atoms with E-state index in [2.05, 4.69) is 27.4 Å². The van der Waals surface area contributed by atoms with E-state index in [0.29, 0.717) is 21.3 Å². The maximum absolute atomic E-state index is 12.4. The van der Waals surface area contributed by atoms with Crippen LogP contribution in [0.3, 0.4) is 0 Å². The van der Waals surface area contributed by atoms with Crippen molar-refractivity contribution in [1.29, 1.82) is 0 Å². The highest BCUT2D eigenvalue weighted by molar-refractivity contribution is 9.10. The van der Waals surface area contributed by atoms with Gasteiger partial charge in [-0.15, -0.1) is 0 Å². The lowest BCUT2D eigenvalue weighted by Gasteiger charge is -2.08. The van der Waals surface area contributed by atoms with Gasteiger partial charge in [-0.25, -0.2) is 4.79 Å². The summed E-state index contributed by atoms with van der Waals surface area (Å²) in [6.07, 6.45) is 0.991. The van der Waals surface area contributed by atoms with E-state index < -0.39 is 5.97 Å². The summed E-state index contributed by atoms with van der Waals surface area (Å²) in [5.41, 5.74) is 2.91. The highest BCUT2D eigenvalue weighted by Gasteiger charge is 2.18. The Labute approximate surface area is 156 Å². The molecule has 1 aromatic carbocycles. The molecule has 1 aromatic heterocycles. The molecule has 0 amide bonds. The van der Waals surface area contributed by atoms with Crippen LogP contribution >= 0.6 is 15.9 Å². The minimum Gasteiger partial charge on any atom is -0.496 e. The van der Waals surface area contributed by atoms with Gasteiger partial charge in [0, 0.05) is 23.5 Å². The number of benzene rings is 1. The summed E-state index contributed by atoms with van der Waals surface area (Å²) in [6, 6.07) is 6.73. The number of hydrogen-bond donors (Lipinski definition) is 0. The number of rotatable bonds is 7. The van der Waals surface area contributed by atoms with Crippen molar-refractivity contribution in [1.82, 2.24) is 4.57 Å². The monoisotopic (exact) mass is 407 g/mol. The first-order valence-corrected chi connectivity index (χ1v) is 8.88. The summed E-state index contributed by atoms with van der Waals surface area (Å²) in [5, 5.41) is 0. The Balaban J connectivity index is 2.06. The van der Waals surface area contributed by atoms with Crippen molar-refractivity contribution in [2.75, 3.05) is 13.7 Å². The number of aromatic nitrogens is 1. The number of carbonyl (C=O) groups excluding carboxylic acids is 2. The smallest absolute Gasteiger partial charge is 0.338 e. The minimum absolute atomic E-state index is 0.198. The van der Waals surface area contributed by atoms with Crippen LogP contribution in [0.15, 0.2) is 28.7 Å². The zero-order valence-electron chi connectivity index (χ0n) is 14.9.